The van der Waals surface area contributed by atoms with Gasteiger partial charge in [-0.05, 0) is 55.9 Å². The van der Waals surface area contributed by atoms with E-state index in [0.717, 1.165) is 12.8 Å². The standard InChI is InChI=1S/C23H34O/c24-23(21-15-6-2-7-16-21,22-17-8-3-9-18-22)19-11-10-14-20-12-4-1-5-13-20/h1,4-5,11-13,19,21-22,24H,2-3,6-10,14-18H2/b19-11+. The van der Waals surface area contributed by atoms with Crippen molar-refractivity contribution in [2.24, 2.45) is 11.8 Å². The van der Waals surface area contributed by atoms with Crippen molar-refractivity contribution in [1.82, 2.24) is 0 Å². The van der Waals surface area contributed by atoms with Gasteiger partial charge in [-0.15, -0.1) is 0 Å². The lowest BCUT2D eigenvalue weighted by Crippen LogP contribution is -2.45. The summed E-state index contributed by atoms with van der Waals surface area (Å²) >= 11 is 0. The molecule has 2 aliphatic carbocycles. The van der Waals surface area contributed by atoms with Crippen LogP contribution >= 0.6 is 0 Å². The summed E-state index contributed by atoms with van der Waals surface area (Å²) < 4.78 is 0. The van der Waals surface area contributed by atoms with E-state index < -0.39 is 5.60 Å². The van der Waals surface area contributed by atoms with Gasteiger partial charge in [0.05, 0.1) is 5.60 Å². The van der Waals surface area contributed by atoms with Crippen LogP contribution in [0.5, 0.6) is 0 Å². The smallest absolute Gasteiger partial charge is 0.0883 e. The SMILES string of the molecule is OC(/C=C/CCc1ccccc1)(C1CCCCC1)C1CCCCC1. The summed E-state index contributed by atoms with van der Waals surface area (Å²) in [7, 11) is 0. The zero-order valence-corrected chi connectivity index (χ0v) is 15.1. The number of rotatable bonds is 6. The Morgan fingerprint density at radius 2 is 1.38 bits per heavy atom. The molecule has 0 radical (unpaired) electrons. The largest absolute Gasteiger partial charge is 0.385 e. The van der Waals surface area contributed by atoms with E-state index in [1.165, 1.54) is 69.8 Å². The molecule has 0 amide bonds. The molecule has 24 heavy (non-hydrogen) atoms. The fourth-order valence-electron chi connectivity index (χ4n) is 4.90. The molecule has 0 aliphatic heterocycles. The Hall–Kier alpha value is -1.08. The summed E-state index contributed by atoms with van der Waals surface area (Å²) in [6, 6.07) is 10.7. The van der Waals surface area contributed by atoms with E-state index in [9.17, 15) is 5.11 Å². The van der Waals surface area contributed by atoms with E-state index in [4.69, 9.17) is 0 Å². The Kier molecular flexibility index (Phi) is 6.54. The monoisotopic (exact) mass is 326 g/mol. The maximum absolute atomic E-state index is 11.7. The van der Waals surface area contributed by atoms with E-state index >= 15 is 0 Å². The molecule has 0 atom stereocenters. The maximum Gasteiger partial charge on any atom is 0.0883 e. The van der Waals surface area contributed by atoms with Gasteiger partial charge in [-0.1, -0.05) is 81.0 Å². The van der Waals surface area contributed by atoms with Gasteiger partial charge in [0.1, 0.15) is 0 Å². The number of allylic oxidation sites excluding steroid dienone is 1. The van der Waals surface area contributed by atoms with Gasteiger partial charge in [-0.2, -0.15) is 0 Å². The lowest BCUT2D eigenvalue weighted by atomic mass is 9.66. The van der Waals surface area contributed by atoms with Crippen molar-refractivity contribution >= 4 is 0 Å². The number of aliphatic hydroxyl groups is 1. The predicted molar refractivity (Wildman–Crippen MR) is 102 cm³/mol. The van der Waals surface area contributed by atoms with Crippen LogP contribution in [-0.2, 0) is 6.42 Å². The van der Waals surface area contributed by atoms with Gasteiger partial charge in [0.25, 0.3) is 0 Å². The summed E-state index contributed by atoms with van der Waals surface area (Å²) in [5.41, 5.74) is 0.846. The Labute approximate surface area is 148 Å². The Balaban J connectivity index is 1.65. The maximum atomic E-state index is 11.7. The highest BCUT2D eigenvalue weighted by molar-refractivity contribution is 5.16. The summed E-state index contributed by atoms with van der Waals surface area (Å²) in [5.74, 6) is 0.977. The van der Waals surface area contributed by atoms with Crippen LogP contribution in [0.25, 0.3) is 0 Å². The van der Waals surface area contributed by atoms with Crippen LogP contribution in [-0.4, -0.2) is 10.7 Å². The summed E-state index contributed by atoms with van der Waals surface area (Å²) in [4.78, 5) is 0. The van der Waals surface area contributed by atoms with E-state index in [1.807, 2.05) is 0 Å². The molecule has 1 heteroatoms. The molecular weight excluding hydrogens is 292 g/mol. The second-order valence-electron chi connectivity index (χ2n) is 7.98. The van der Waals surface area contributed by atoms with Gasteiger partial charge in [0.2, 0.25) is 0 Å². The molecule has 132 valence electrons. The fraction of sp³-hybridized carbons (Fsp3) is 0.652. The van der Waals surface area contributed by atoms with Gasteiger partial charge >= 0.3 is 0 Å². The fourth-order valence-corrected chi connectivity index (χ4v) is 4.90. The van der Waals surface area contributed by atoms with Crippen molar-refractivity contribution in [3.63, 3.8) is 0 Å². The first-order valence-electron chi connectivity index (χ1n) is 10.2. The quantitative estimate of drug-likeness (QED) is 0.629. The molecule has 0 aromatic heterocycles. The van der Waals surface area contributed by atoms with E-state index in [1.54, 1.807) is 0 Å². The van der Waals surface area contributed by atoms with Crippen LogP contribution in [0.2, 0.25) is 0 Å². The first kappa shape index (κ1) is 17.7. The minimum atomic E-state index is -0.544. The molecule has 0 spiro atoms. The van der Waals surface area contributed by atoms with Crippen LogP contribution in [0, 0.1) is 11.8 Å². The van der Waals surface area contributed by atoms with Crippen molar-refractivity contribution in [3.8, 4) is 0 Å². The third kappa shape index (κ3) is 4.51. The van der Waals surface area contributed by atoms with E-state index in [-0.39, 0.29) is 0 Å². The van der Waals surface area contributed by atoms with Gasteiger partial charge < -0.3 is 5.11 Å². The molecule has 2 aliphatic rings. The van der Waals surface area contributed by atoms with Crippen LogP contribution in [0.4, 0.5) is 0 Å². The zero-order valence-electron chi connectivity index (χ0n) is 15.1. The number of benzene rings is 1. The van der Waals surface area contributed by atoms with Gasteiger partial charge in [-0.25, -0.2) is 0 Å². The van der Waals surface area contributed by atoms with Gasteiger partial charge in [-0.3, -0.25) is 0 Å². The van der Waals surface area contributed by atoms with Crippen LogP contribution in [0.3, 0.4) is 0 Å². The van der Waals surface area contributed by atoms with E-state index in [2.05, 4.69) is 42.5 Å². The lowest BCUT2D eigenvalue weighted by Gasteiger charge is -2.44. The predicted octanol–water partition coefficient (Wildman–Crippen LogP) is 6.07. The minimum Gasteiger partial charge on any atom is -0.385 e. The number of hydrogen-bond donors (Lipinski definition) is 1. The summed E-state index contributed by atoms with van der Waals surface area (Å²) in [6.07, 6.45) is 19.4. The third-order valence-electron chi connectivity index (χ3n) is 6.35. The molecule has 0 unspecified atom stereocenters. The molecular formula is C23H34O. The van der Waals surface area contributed by atoms with Crippen LogP contribution in [0.1, 0.15) is 76.2 Å². The van der Waals surface area contributed by atoms with Crippen molar-refractivity contribution in [3.05, 3.63) is 48.0 Å². The second kappa shape index (κ2) is 8.85. The topological polar surface area (TPSA) is 20.2 Å². The molecule has 0 bridgehead atoms. The highest BCUT2D eigenvalue weighted by Gasteiger charge is 2.41. The Bertz CT molecular complexity index is 474. The Morgan fingerprint density at radius 1 is 0.833 bits per heavy atom. The van der Waals surface area contributed by atoms with Gasteiger partial charge in [0, 0.05) is 0 Å². The molecule has 2 fully saturated rings. The molecule has 0 heterocycles. The first-order chi connectivity index (χ1) is 11.8. The lowest BCUT2D eigenvalue weighted by molar-refractivity contribution is -0.0517. The summed E-state index contributed by atoms with van der Waals surface area (Å²) in [5, 5.41) is 11.7. The normalized spacial score (nSPS) is 21.4. The number of aryl methyl sites for hydroxylation is 1. The summed E-state index contributed by atoms with van der Waals surface area (Å²) in [6.45, 7) is 0. The highest BCUT2D eigenvalue weighted by atomic mass is 16.3. The molecule has 0 saturated heterocycles. The van der Waals surface area contributed by atoms with Crippen molar-refractivity contribution < 1.29 is 5.11 Å². The van der Waals surface area contributed by atoms with Gasteiger partial charge in [0.15, 0.2) is 0 Å². The molecule has 1 aromatic rings. The van der Waals surface area contributed by atoms with Crippen molar-refractivity contribution in [2.45, 2.75) is 82.7 Å². The third-order valence-corrected chi connectivity index (χ3v) is 6.35. The zero-order chi connectivity index (χ0) is 16.7. The molecule has 1 nitrogen and oxygen atoms in total. The number of hydrogen-bond acceptors (Lipinski definition) is 1. The van der Waals surface area contributed by atoms with Crippen molar-refractivity contribution in [2.75, 3.05) is 0 Å². The average Bonchev–Trinajstić information content (AvgIpc) is 2.67. The molecule has 3 rings (SSSR count). The first-order valence-corrected chi connectivity index (χ1v) is 10.2. The molecule has 2 saturated carbocycles. The average molecular weight is 327 g/mol. The molecule has 1 aromatic carbocycles. The molecule has 1 N–H and O–H groups in total. The van der Waals surface area contributed by atoms with Crippen LogP contribution in [0.15, 0.2) is 42.5 Å². The minimum absolute atomic E-state index is 0.488. The highest BCUT2D eigenvalue weighted by Crippen LogP contribution is 2.43. The van der Waals surface area contributed by atoms with Crippen LogP contribution < -0.4 is 0 Å². The second-order valence-corrected chi connectivity index (χ2v) is 7.98. The van der Waals surface area contributed by atoms with Crippen molar-refractivity contribution in [1.29, 1.82) is 0 Å². The Morgan fingerprint density at radius 3 is 1.92 bits per heavy atom. The van der Waals surface area contributed by atoms with E-state index in [0.29, 0.717) is 11.8 Å².